The van der Waals surface area contributed by atoms with Gasteiger partial charge in [0.1, 0.15) is 11.4 Å². The van der Waals surface area contributed by atoms with Crippen molar-refractivity contribution in [3.8, 4) is 5.75 Å². The van der Waals surface area contributed by atoms with Gasteiger partial charge in [-0.25, -0.2) is 8.78 Å². The Morgan fingerprint density at radius 3 is 2.44 bits per heavy atom. The number of benzene rings is 2. The minimum atomic E-state index is -1.73. The summed E-state index contributed by atoms with van der Waals surface area (Å²) in [6.07, 6.45) is 0. The summed E-state index contributed by atoms with van der Waals surface area (Å²) in [5.41, 5.74) is 1.92. The first-order valence-electron chi connectivity index (χ1n) is 6.92. The molecule has 2 N–H and O–H groups in total. The van der Waals surface area contributed by atoms with Crippen LogP contribution < -0.4 is 15.1 Å². The molecule has 4 nitrogen and oxygen atoms in total. The van der Waals surface area contributed by atoms with Crippen molar-refractivity contribution in [1.29, 1.82) is 0 Å². The maximum Gasteiger partial charge on any atom is 0.490 e. The fourth-order valence-corrected chi connectivity index (χ4v) is 3.75. The van der Waals surface area contributed by atoms with Gasteiger partial charge >= 0.3 is 7.12 Å². The van der Waals surface area contributed by atoms with Crippen molar-refractivity contribution in [2.24, 2.45) is 0 Å². The van der Waals surface area contributed by atoms with Crippen LogP contribution in [0.25, 0.3) is 0 Å². The number of hydrogen-bond acceptors (Lipinski definition) is 4. The Morgan fingerprint density at radius 2 is 1.88 bits per heavy atom. The normalized spacial score (nSPS) is 12.2. The van der Waals surface area contributed by atoms with Crippen LogP contribution in [-0.2, 0) is 0 Å². The van der Waals surface area contributed by atoms with Gasteiger partial charge in [-0.2, -0.15) is 0 Å². The molecular weight excluding hydrogens is 394 g/mol. The second-order valence-electron chi connectivity index (χ2n) is 5.18. The molecule has 10 heteroatoms. The van der Waals surface area contributed by atoms with Crippen molar-refractivity contribution in [2.45, 2.75) is 4.90 Å². The van der Waals surface area contributed by atoms with Gasteiger partial charge in [0.25, 0.3) is 0 Å². The average Bonchev–Trinajstić information content (AvgIpc) is 2.52. The third-order valence-electron chi connectivity index (χ3n) is 3.20. The van der Waals surface area contributed by atoms with Gasteiger partial charge in [0.2, 0.25) is 0 Å². The molecule has 0 fully saturated rings. The standard InChI is InChI=1S/C15H14BCl2F2NO3S/c1-21(2)13-6-10(16(22)23)11(17)7-15(13)25(18)8-24-14-4-3-9(19)5-12(14)20/h3-8,22-23H,1-2H3. The second-order valence-corrected chi connectivity index (χ2v) is 7.79. The molecule has 2 aromatic carbocycles. The molecule has 0 saturated heterocycles. The molecule has 1 unspecified atom stereocenters. The first-order valence-corrected chi connectivity index (χ1v) is 9.41. The van der Waals surface area contributed by atoms with Gasteiger partial charge < -0.3 is 19.7 Å². The summed E-state index contributed by atoms with van der Waals surface area (Å²) >= 11 is 6.06. The second kappa shape index (κ2) is 8.38. The van der Waals surface area contributed by atoms with Gasteiger partial charge in [-0.1, -0.05) is 11.6 Å². The Kier molecular flexibility index (Phi) is 6.70. The van der Waals surface area contributed by atoms with Crippen LogP contribution in [0.3, 0.4) is 0 Å². The van der Waals surface area contributed by atoms with Gasteiger partial charge in [0, 0.05) is 35.5 Å². The van der Waals surface area contributed by atoms with E-state index in [0.29, 0.717) is 16.6 Å². The molecule has 0 heterocycles. The van der Waals surface area contributed by atoms with E-state index in [2.05, 4.69) is 0 Å². The van der Waals surface area contributed by atoms with Crippen molar-refractivity contribution in [1.82, 2.24) is 0 Å². The van der Waals surface area contributed by atoms with Crippen LogP contribution in [0, 0.1) is 11.6 Å². The summed E-state index contributed by atoms with van der Waals surface area (Å²) in [6, 6.07) is 5.91. The Balaban J connectivity index is 2.40. The van der Waals surface area contributed by atoms with Gasteiger partial charge in [-0.3, -0.25) is 0 Å². The molecule has 0 aliphatic heterocycles. The zero-order chi connectivity index (χ0) is 18.7. The van der Waals surface area contributed by atoms with E-state index in [4.69, 9.17) is 27.0 Å². The summed E-state index contributed by atoms with van der Waals surface area (Å²) in [6.45, 7) is 0. The molecule has 2 rings (SSSR count). The molecule has 0 radical (unpaired) electrons. The van der Waals surface area contributed by atoms with Crippen LogP contribution in [0.4, 0.5) is 14.5 Å². The third-order valence-corrected chi connectivity index (χ3v) is 5.26. The zero-order valence-corrected chi connectivity index (χ0v) is 15.5. The van der Waals surface area contributed by atoms with E-state index in [1.165, 1.54) is 17.7 Å². The van der Waals surface area contributed by atoms with Crippen molar-refractivity contribution >= 4 is 55.8 Å². The van der Waals surface area contributed by atoms with Crippen LogP contribution in [0.5, 0.6) is 5.75 Å². The van der Waals surface area contributed by atoms with Crippen LogP contribution in [0.1, 0.15) is 0 Å². The molecule has 134 valence electrons. The van der Waals surface area contributed by atoms with E-state index in [0.717, 1.165) is 12.1 Å². The van der Waals surface area contributed by atoms with Gasteiger partial charge in [0.15, 0.2) is 11.6 Å². The predicted molar refractivity (Wildman–Crippen MR) is 100 cm³/mol. The summed E-state index contributed by atoms with van der Waals surface area (Å²) in [4.78, 5) is 2.26. The number of hydrogen-bond donors (Lipinski definition) is 2. The van der Waals surface area contributed by atoms with Gasteiger partial charge in [-0.15, -0.1) is 0 Å². The highest BCUT2D eigenvalue weighted by Crippen LogP contribution is 2.39. The number of rotatable bonds is 5. The molecular formula is C15H14BCl2F2NO3S. The minimum Gasteiger partial charge on any atom is -0.454 e. The quantitative estimate of drug-likeness (QED) is 0.591. The van der Waals surface area contributed by atoms with Crippen molar-refractivity contribution in [3.63, 3.8) is 0 Å². The molecule has 0 saturated carbocycles. The molecule has 0 amide bonds. The summed E-state index contributed by atoms with van der Waals surface area (Å²) in [7, 11) is 6.96. The third kappa shape index (κ3) is 4.86. The largest absolute Gasteiger partial charge is 0.490 e. The Bertz CT molecular complexity index is 822. The highest BCUT2D eigenvalue weighted by molar-refractivity contribution is 8.34. The van der Waals surface area contributed by atoms with Gasteiger partial charge in [-0.05, 0) is 44.6 Å². The SMILES string of the molecule is CN(C)c1cc(B(O)O)c(Cl)cc1/S(Cl)=C/Oc1ccc(F)cc1F. The molecule has 0 spiro atoms. The molecule has 1 atom stereocenters. The van der Waals surface area contributed by atoms with Crippen LogP contribution in [-0.4, -0.2) is 36.8 Å². The number of anilines is 1. The Labute approximate surface area is 156 Å². The van der Waals surface area contributed by atoms with E-state index in [9.17, 15) is 18.8 Å². The molecule has 25 heavy (non-hydrogen) atoms. The smallest absolute Gasteiger partial charge is 0.454 e. The zero-order valence-electron chi connectivity index (χ0n) is 13.2. The van der Waals surface area contributed by atoms with Crippen molar-refractivity contribution in [3.05, 3.63) is 47.0 Å². The lowest BCUT2D eigenvalue weighted by Crippen LogP contribution is -2.31. The number of ether oxygens (including phenoxy) is 1. The van der Waals surface area contributed by atoms with Crippen LogP contribution >= 0.6 is 32.0 Å². The fourth-order valence-electron chi connectivity index (χ4n) is 1.98. The van der Waals surface area contributed by atoms with E-state index in [-0.39, 0.29) is 16.2 Å². The Hall–Kier alpha value is -1.32. The lowest BCUT2D eigenvalue weighted by molar-refractivity contribution is 0.426. The minimum absolute atomic E-state index is 0.120. The van der Waals surface area contributed by atoms with E-state index in [1.807, 2.05) is 0 Å². The molecule has 0 aliphatic carbocycles. The lowest BCUT2D eigenvalue weighted by atomic mass is 9.80. The van der Waals surface area contributed by atoms with Gasteiger partial charge in [0.05, 0.1) is 5.69 Å². The molecule has 0 bridgehead atoms. The molecule has 0 aromatic heterocycles. The summed E-state index contributed by atoms with van der Waals surface area (Å²) in [5.74, 6) is -1.73. The van der Waals surface area contributed by atoms with Crippen LogP contribution in [0.2, 0.25) is 5.02 Å². The highest BCUT2D eigenvalue weighted by Gasteiger charge is 2.20. The maximum absolute atomic E-state index is 13.6. The topological polar surface area (TPSA) is 52.9 Å². The van der Waals surface area contributed by atoms with E-state index in [1.54, 1.807) is 19.0 Å². The number of nitrogens with zero attached hydrogens (tertiary/aromatic N) is 1. The summed E-state index contributed by atoms with van der Waals surface area (Å²) < 4.78 is 31.7. The average molecular weight is 408 g/mol. The van der Waals surface area contributed by atoms with Crippen molar-refractivity contribution in [2.75, 3.05) is 19.0 Å². The maximum atomic E-state index is 13.6. The van der Waals surface area contributed by atoms with E-state index >= 15 is 0 Å². The Morgan fingerprint density at radius 1 is 1.20 bits per heavy atom. The van der Waals surface area contributed by atoms with Crippen molar-refractivity contribution < 1.29 is 23.6 Å². The summed E-state index contributed by atoms with van der Waals surface area (Å²) in [5, 5.41) is 18.8. The monoisotopic (exact) mass is 407 g/mol. The first-order chi connectivity index (χ1) is 11.7. The fraction of sp³-hybridized carbons (Fsp3) is 0.133. The lowest BCUT2D eigenvalue weighted by Gasteiger charge is -2.19. The first kappa shape index (κ1) is 20.0. The number of halogens is 4. The van der Waals surface area contributed by atoms with Crippen LogP contribution in [0.15, 0.2) is 35.2 Å². The van der Waals surface area contributed by atoms with E-state index < -0.39 is 28.5 Å². The molecule has 2 aromatic rings. The molecule has 0 aliphatic rings. The predicted octanol–water partition coefficient (Wildman–Crippen LogP) is 2.98. The highest BCUT2D eigenvalue weighted by atomic mass is 35.7.